The van der Waals surface area contributed by atoms with Crippen LogP contribution in [0.25, 0.3) is 11.1 Å². The summed E-state index contributed by atoms with van der Waals surface area (Å²) in [6.45, 7) is 2.75. The van der Waals surface area contributed by atoms with Gasteiger partial charge < -0.3 is 20.3 Å². The lowest BCUT2D eigenvalue weighted by atomic mass is 10.0. The van der Waals surface area contributed by atoms with Crippen molar-refractivity contribution in [1.82, 2.24) is 10.2 Å². The predicted octanol–water partition coefficient (Wildman–Crippen LogP) is 5.08. The molecule has 214 valence electrons. The van der Waals surface area contributed by atoms with Crippen LogP contribution in [-0.4, -0.2) is 59.4 Å². The van der Waals surface area contributed by atoms with Crippen LogP contribution in [0.15, 0.2) is 83.1 Å². The third kappa shape index (κ3) is 7.24. The van der Waals surface area contributed by atoms with E-state index >= 15 is 0 Å². The second-order valence-electron chi connectivity index (χ2n) is 9.45. The number of nitrogens with zero attached hydrogens (tertiary/aromatic N) is 1. The molecule has 4 rings (SSSR count). The lowest BCUT2D eigenvalue weighted by Crippen LogP contribution is -2.28. The van der Waals surface area contributed by atoms with Gasteiger partial charge in [0, 0.05) is 38.4 Å². The Labute approximate surface area is 244 Å². The van der Waals surface area contributed by atoms with E-state index in [1.54, 1.807) is 62.6 Å². The Balaban J connectivity index is 1.48. The average Bonchev–Trinajstić information content (AvgIpc) is 3.40. The Morgan fingerprint density at radius 1 is 0.902 bits per heavy atom. The quantitative estimate of drug-likeness (QED) is 0.209. The number of hydrogen-bond acceptors (Lipinski definition) is 7. The van der Waals surface area contributed by atoms with Crippen LogP contribution < -0.4 is 20.1 Å². The minimum Gasteiger partial charge on any atom is -0.495 e. The number of anilines is 2. The molecule has 11 heteroatoms. The summed E-state index contributed by atoms with van der Waals surface area (Å²) >= 11 is 1.40. The minimum absolute atomic E-state index is 0.0354. The fraction of sp³-hybridized carbons (Fsp3) is 0.200. The summed E-state index contributed by atoms with van der Waals surface area (Å²) in [5.41, 5.74) is 3.81. The highest BCUT2D eigenvalue weighted by Gasteiger charge is 2.21. The van der Waals surface area contributed by atoms with E-state index in [0.717, 1.165) is 5.56 Å². The Hall–Kier alpha value is -4.35. The fourth-order valence-corrected chi connectivity index (χ4v) is 6.21. The number of methoxy groups -OCH3 is 1. The number of carbonyl (C=O) groups is 2. The highest BCUT2D eigenvalue weighted by molar-refractivity contribution is 7.92. The molecule has 0 saturated heterocycles. The number of nitrogens with one attached hydrogen (secondary N) is 3. The smallest absolute Gasteiger partial charge is 0.265 e. The molecule has 0 radical (unpaired) electrons. The maximum atomic E-state index is 13.5. The van der Waals surface area contributed by atoms with Crippen LogP contribution in [0.4, 0.5) is 11.4 Å². The van der Waals surface area contributed by atoms with Crippen molar-refractivity contribution in [1.29, 1.82) is 0 Å². The maximum absolute atomic E-state index is 13.5. The molecule has 2 amide bonds. The zero-order valence-electron chi connectivity index (χ0n) is 23.2. The van der Waals surface area contributed by atoms with Gasteiger partial charge in [0.15, 0.2) is 0 Å². The molecule has 0 unspecified atom stereocenters. The second-order valence-corrected chi connectivity index (χ2v) is 12.0. The van der Waals surface area contributed by atoms with E-state index in [2.05, 4.69) is 15.4 Å². The van der Waals surface area contributed by atoms with Gasteiger partial charge in [0.1, 0.15) is 10.6 Å². The van der Waals surface area contributed by atoms with Crippen molar-refractivity contribution in [3.63, 3.8) is 0 Å². The summed E-state index contributed by atoms with van der Waals surface area (Å²) in [5.74, 6) is -0.0795. The zero-order chi connectivity index (χ0) is 29.6. The molecule has 3 N–H and O–H groups in total. The number of sulfonamides is 1. The summed E-state index contributed by atoms with van der Waals surface area (Å²) in [7, 11) is 0.717. The first-order chi connectivity index (χ1) is 19.6. The molecule has 0 atom stereocenters. The van der Waals surface area contributed by atoms with E-state index in [1.807, 2.05) is 30.5 Å². The molecule has 1 heterocycles. The van der Waals surface area contributed by atoms with Gasteiger partial charge >= 0.3 is 0 Å². The van der Waals surface area contributed by atoms with Gasteiger partial charge in [-0.2, -0.15) is 0 Å². The van der Waals surface area contributed by atoms with Crippen LogP contribution in [-0.2, 0) is 10.0 Å². The minimum atomic E-state index is -4.04. The van der Waals surface area contributed by atoms with Gasteiger partial charge in [-0.1, -0.05) is 24.3 Å². The molecule has 0 fully saturated rings. The lowest BCUT2D eigenvalue weighted by Gasteiger charge is -2.15. The van der Waals surface area contributed by atoms with Crippen molar-refractivity contribution in [3.05, 3.63) is 94.2 Å². The number of thiophene rings is 1. The van der Waals surface area contributed by atoms with Crippen LogP contribution >= 0.6 is 11.3 Å². The van der Waals surface area contributed by atoms with Crippen LogP contribution in [0.2, 0.25) is 0 Å². The van der Waals surface area contributed by atoms with Crippen molar-refractivity contribution in [2.45, 2.75) is 11.8 Å². The Kier molecular flexibility index (Phi) is 9.31. The summed E-state index contributed by atoms with van der Waals surface area (Å²) in [6.07, 6.45) is 0. The van der Waals surface area contributed by atoms with Crippen LogP contribution in [0, 0.1) is 6.92 Å². The Morgan fingerprint density at radius 2 is 1.63 bits per heavy atom. The molecule has 3 aromatic carbocycles. The van der Waals surface area contributed by atoms with Crippen LogP contribution in [0.3, 0.4) is 0 Å². The van der Waals surface area contributed by atoms with Crippen molar-refractivity contribution < 1.29 is 22.7 Å². The first-order valence-corrected chi connectivity index (χ1v) is 15.1. The number of rotatable bonds is 11. The third-order valence-electron chi connectivity index (χ3n) is 6.22. The van der Waals surface area contributed by atoms with E-state index in [4.69, 9.17) is 4.74 Å². The highest BCUT2D eigenvalue weighted by Crippen LogP contribution is 2.32. The van der Waals surface area contributed by atoms with E-state index in [-0.39, 0.29) is 22.5 Å². The van der Waals surface area contributed by atoms with Crippen LogP contribution in [0.1, 0.15) is 25.6 Å². The highest BCUT2D eigenvalue weighted by atomic mass is 32.2. The van der Waals surface area contributed by atoms with E-state index < -0.39 is 10.0 Å². The van der Waals surface area contributed by atoms with Gasteiger partial charge in [0.2, 0.25) is 0 Å². The van der Waals surface area contributed by atoms with E-state index in [0.29, 0.717) is 46.0 Å². The lowest BCUT2D eigenvalue weighted by molar-refractivity contribution is 0.0827. The van der Waals surface area contributed by atoms with Crippen molar-refractivity contribution >= 4 is 44.5 Å². The van der Waals surface area contributed by atoms with Gasteiger partial charge in [-0.25, -0.2) is 8.42 Å². The molecule has 1 aromatic heterocycles. The zero-order valence-corrected chi connectivity index (χ0v) is 24.9. The average molecular weight is 593 g/mol. The molecule has 0 aliphatic rings. The Bertz CT molecular complexity index is 1660. The second kappa shape index (κ2) is 12.9. The first kappa shape index (κ1) is 29.6. The molecule has 4 aromatic rings. The van der Waals surface area contributed by atoms with Gasteiger partial charge in [0.05, 0.1) is 17.7 Å². The van der Waals surface area contributed by atoms with Gasteiger partial charge in [-0.05, 0) is 77.5 Å². The standard InChI is InChI=1S/C30H32N4O5S2/c1-20-13-16-40-28(20)29(35)32-15-14-31-24-9-6-10-25(19-24)33-41(37,38)27-18-22(11-12-26(27)39-4)21-7-5-8-23(17-21)30(36)34(2)3/h5-13,16-19,31,33H,14-15H2,1-4H3,(H,32,35). The molecule has 0 aliphatic carbocycles. The Morgan fingerprint density at radius 3 is 2.34 bits per heavy atom. The number of ether oxygens (including phenoxy) is 1. The maximum Gasteiger partial charge on any atom is 0.265 e. The first-order valence-electron chi connectivity index (χ1n) is 12.8. The molecule has 0 bridgehead atoms. The summed E-state index contributed by atoms with van der Waals surface area (Å²) in [4.78, 5) is 26.9. The molecule has 0 saturated carbocycles. The molecule has 0 aliphatic heterocycles. The van der Waals surface area contributed by atoms with Gasteiger partial charge in [0.25, 0.3) is 21.8 Å². The molecule has 0 spiro atoms. The van der Waals surface area contributed by atoms with Gasteiger partial charge in [-0.3, -0.25) is 14.3 Å². The number of aryl methyl sites for hydroxylation is 1. The fourth-order valence-electron chi connectivity index (χ4n) is 4.13. The normalized spacial score (nSPS) is 11.0. The summed E-state index contributed by atoms with van der Waals surface area (Å²) in [6, 6.07) is 20.7. The van der Waals surface area contributed by atoms with E-state index in [1.165, 1.54) is 29.4 Å². The summed E-state index contributed by atoms with van der Waals surface area (Å²) < 4.78 is 35.0. The number of carbonyl (C=O) groups excluding carboxylic acids is 2. The molecule has 41 heavy (non-hydrogen) atoms. The number of hydrogen-bond donors (Lipinski definition) is 3. The topological polar surface area (TPSA) is 117 Å². The van der Waals surface area contributed by atoms with Crippen LogP contribution in [0.5, 0.6) is 5.75 Å². The number of amides is 2. The predicted molar refractivity (Wildman–Crippen MR) is 164 cm³/mol. The molecular formula is C30H32N4O5S2. The monoisotopic (exact) mass is 592 g/mol. The van der Waals surface area contributed by atoms with Crippen molar-refractivity contribution in [2.75, 3.05) is 44.3 Å². The van der Waals surface area contributed by atoms with E-state index in [9.17, 15) is 18.0 Å². The summed E-state index contributed by atoms with van der Waals surface area (Å²) in [5, 5.41) is 7.96. The SMILES string of the molecule is COc1ccc(-c2cccc(C(=O)N(C)C)c2)cc1S(=O)(=O)Nc1cccc(NCCNC(=O)c2sccc2C)c1. The largest absolute Gasteiger partial charge is 0.495 e. The van der Waals surface area contributed by atoms with Crippen molar-refractivity contribution in [2.24, 2.45) is 0 Å². The van der Waals surface area contributed by atoms with Crippen molar-refractivity contribution in [3.8, 4) is 16.9 Å². The molecule has 9 nitrogen and oxygen atoms in total. The number of benzene rings is 3. The third-order valence-corrected chi connectivity index (χ3v) is 8.64. The molecular weight excluding hydrogens is 560 g/mol. The van der Waals surface area contributed by atoms with Gasteiger partial charge in [-0.15, -0.1) is 11.3 Å².